The van der Waals surface area contributed by atoms with Gasteiger partial charge in [-0.15, -0.1) is 0 Å². The molecule has 1 saturated carbocycles. The van der Waals surface area contributed by atoms with Crippen molar-refractivity contribution in [2.45, 2.75) is 17.8 Å². The molecule has 14 heavy (non-hydrogen) atoms. The molecule has 2 unspecified atom stereocenters. The zero-order valence-corrected chi connectivity index (χ0v) is 7.51. The molecule has 0 aliphatic heterocycles. The maximum atomic E-state index is 9.22. The smallest absolute Gasteiger partial charge is 0.200 e. The van der Waals surface area contributed by atoms with E-state index in [-0.39, 0.29) is 0 Å². The van der Waals surface area contributed by atoms with Crippen molar-refractivity contribution in [2.24, 2.45) is 0 Å². The fourth-order valence-electron chi connectivity index (χ4n) is 1.58. The van der Waals surface area contributed by atoms with Crippen molar-refractivity contribution in [3.8, 4) is 0 Å². The first-order valence-electron chi connectivity index (χ1n) is 4.29. The quantitative estimate of drug-likeness (QED) is 0.272. The molecular formula is C9H13N2O3+. The van der Waals surface area contributed by atoms with E-state index in [1.807, 2.05) is 0 Å². The van der Waals surface area contributed by atoms with Crippen LogP contribution in [0.4, 0.5) is 11.4 Å². The standard InChI is InChI=1S/C9H12N2O3/c10-5-2-1-4(3-6(5)11)7-8(12)9(7,13)14/h1-3,7-8,12-14H,10-11H2/p+1. The molecule has 1 aromatic carbocycles. The number of rotatable bonds is 1. The first kappa shape index (κ1) is 9.42. The molecule has 1 aliphatic carbocycles. The van der Waals surface area contributed by atoms with Gasteiger partial charge in [0.05, 0.1) is 11.6 Å². The molecule has 0 saturated heterocycles. The predicted molar refractivity (Wildman–Crippen MR) is 49.3 cm³/mol. The Morgan fingerprint density at radius 2 is 1.93 bits per heavy atom. The highest BCUT2D eigenvalue weighted by Crippen LogP contribution is 2.49. The second-order valence-corrected chi connectivity index (χ2v) is 3.66. The van der Waals surface area contributed by atoms with Crippen LogP contribution in [0.2, 0.25) is 0 Å². The van der Waals surface area contributed by atoms with Crippen molar-refractivity contribution in [1.29, 1.82) is 0 Å². The summed E-state index contributed by atoms with van der Waals surface area (Å²) in [5.41, 5.74) is 11.1. The summed E-state index contributed by atoms with van der Waals surface area (Å²) in [6.45, 7) is 0. The summed E-state index contributed by atoms with van der Waals surface area (Å²) in [7, 11) is 0. The number of aliphatic hydroxyl groups excluding tert-OH is 1. The minimum Gasteiger partial charge on any atom is -0.394 e. The van der Waals surface area contributed by atoms with Crippen LogP contribution in [0.25, 0.3) is 0 Å². The zero-order chi connectivity index (χ0) is 10.5. The van der Waals surface area contributed by atoms with E-state index in [2.05, 4.69) is 5.73 Å². The highest BCUT2D eigenvalue weighted by molar-refractivity contribution is 5.59. The van der Waals surface area contributed by atoms with Crippen LogP contribution in [-0.2, 0) is 0 Å². The van der Waals surface area contributed by atoms with Gasteiger partial charge in [0.25, 0.3) is 0 Å². The molecule has 76 valence electrons. The van der Waals surface area contributed by atoms with Crippen LogP contribution >= 0.6 is 0 Å². The van der Waals surface area contributed by atoms with E-state index in [0.29, 0.717) is 16.9 Å². The molecule has 1 aromatic rings. The number of anilines is 1. The van der Waals surface area contributed by atoms with Crippen molar-refractivity contribution in [1.82, 2.24) is 0 Å². The number of aliphatic hydroxyl groups is 3. The van der Waals surface area contributed by atoms with Crippen LogP contribution in [0.1, 0.15) is 11.5 Å². The number of hydrogen-bond acceptors (Lipinski definition) is 4. The monoisotopic (exact) mass is 197 g/mol. The largest absolute Gasteiger partial charge is 0.394 e. The summed E-state index contributed by atoms with van der Waals surface area (Å²) in [4.78, 5) is 0. The van der Waals surface area contributed by atoms with E-state index >= 15 is 0 Å². The molecule has 1 fully saturated rings. The number of nitrogens with two attached hydrogens (primary N) is 1. The zero-order valence-electron chi connectivity index (χ0n) is 7.51. The van der Waals surface area contributed by atoms with Gasteiger partial charge in [-0.2, -0.15) is 0 Å². The summed E-state index contributed by atoms with van der Waals surface area (Å²) >= 11 is 0. The number of quaternary nitrogens is 1. The van der Waals surface area contributed by atoms with Crippen molar-refractivity contribution in [3.05, 3.63) is 23.8 Å². The summed E-state index contributed by atoms with van der Waals surface area (Å²) in [5.74, 6) is -2.67. The summed E-state index contributed by atoms with van der Waals surface area (Å²) < 4.78 is 0. The minimum atomic E-state index is -2.00. The molecule has 5 heteroatoms. The van der Waals surface area contributed by atoms with E-state index < -0.39 is 17.8 Å². The van der Waals surface area contributed by atoms with Gasteiger partial charge in [-0.05, 0) is 11.6 Å². The van der Waals surface area contributed by atoms with Crippen LogP contribution in [0, 0.1) is 0 Å². The molecule has 5 nitrogen and oxygen atoms in total. The van der Waals surface area contributed by atoms with E-state index in [4.69, 9.17) is 5.73 Å². The van der Waals surface area contributed by atoms with Gasteiger partial charge >= 0.3 is 0 Å². The third-order valence-corrected chi connectivity index (χ3v) is 2.63. The number of benzene rings is 1. The summed E-state index contributed by atoms with van der Waals surface area (Å²) in [5, 5.41) is 27.7. The van der Waals surface area contributed by atoms with E-state index in [9.17, 15) is 15.3 Å². The Morgan fingerprint density at radius 1 is 1.36 bits per heavy atom. The van der Waals surface area contributed by atoms with E-state index in [1.54, 1.807) is 18.2 Å². The van der Waals surface area contributed by atoms with Crippen LogP contribution in [0.3, 0.4) is 0 Å². The number of hydrogen-bond donors (Lipinski definition) is 5. The van der Waals surface area contributed by atoms with Gasteiger partial charge in [-0.25, -0.2) is 0 Å². The van der Waals surface area contributed by atoms with Crippen LogP contribution in [0.5, 0.6) is 0 Å². The third-order valence-electron chi connectivity index (χ3n) is 2.63. The first-order chi connectivity index (χ1) is 6.44. The lowest BCUT2D eigenvalue weighted by Crippen LogP contribution is -2.41. The fraction of sp³-hybridized carbons (Fsp3) is 0.333. The van der Waals surface area contributed by atoms with Crippen LogP contribution < -0.4 is 11.5 Å². The Bertz CT molecular complexity index is 378. The molecule has 2 atom stereocenters. The lowest BCUT2D eigenvalue weighted by Gasteiger charge is -2.02. The average Bonchev–Trinajstić information content (AvgIpc) is 2.58. The van der Waals surface area contributed by atoms with Crippen LogP contribution in [0.15, 0.2) is 18.2 Å². The van der Waals surface area contributed by atoms with Crippen molar-refractivity contribution >= 4 is 11.4 Å². The highest BCUT2D eigenvalue weighted by atomic mass is 16.5. The Hall–Kier alpha value is -1.14. The molecular weight excluding hydrogens is 184 g/mol. The maximum absolute atomic E-state index is 9.22. The summed E-state index contributed by atoms with van der Waals surface area (Å²) in [6.07, 6.45) is -1.13. The SMILES string of the molecule is Nc1cc(C2C(O)C2(O)O)ccc1[NH3+]. The second kappa shape index (κ2) is 2.68. The average molecular weight is 197 g/mol. The van der Waals surface area contributed by atoms with E-state index in [0.717, 1.165) is 0 Å². The van der Waals surface area contributed by atoms with Crippen molar-refractivity contribution in [3.63, 3.8) is 0 Å². The second-order valence-electron chi connectivity index (χ2n) is 3.66. The van der Waals surface area contributed by atoms with Gasteiger partial charge in [0, 0.05) is 6.07 Å². The molecule has 2 rings (SSSR count). The molecule has 0 bridgehead atoms. The Morgan fingerprint density at radius 3 is 2.36 bits per heavy atom. The van der Waals surface area contributed by atoms with Crippen molar-refractivity contribution < 1.29 is 21.1 Å². The summed E-state index contributed by atoms with van der Waals surface area (Å²) in [6, 6.07) is 4.97. The molecule has 0 heterocycles. The maximum Gasteiger partial charge on any atom is 0.200 e. The Balaban J connectivity index is 2.32. The fourth-order valence-corrected chi connectivity index (χ4v) is 1.58. The van der Waals surface area contributed by atoms with Crippen LogP contribution in [-0.4, -0.2) is 27.2 Å². The van der Waals surface area contributed by atoms with Crippen molar-refractivity contribution in [2.75, 3.05) is 5.73 Å². The van der Waals surface area contributed by atoms with Gasteiger partial charge in [-0.3, -0.25) is 0 Å². The van der Waals surface area contributed by atoms with Gasteiger partial charge in [-0.1, -0.05) is 6.07 Å². The lowest BCUT2D eigenvalue weighted by molar-refractivity contribution is -0.253. The van der Waals surface area contributed by atoms with E-state index in [1.165, 1.54) is 0 Å². The Labute approximate surface area is 80.6 Å². The molecule has 8 N–H and O–H groups in total. The Kier molecular flexibility index (Phi) is 1.80. The molecule has 0 radical (unpaired) electrons. The third kappa shape index (κ3) is 1.18. The van der Waals surface area contributed by atoms with Gasteiger partial charge < -0.3 is 26.8 Å². The minimum absolute atomic E-state index is 0.484. The number of nitrogen functional groups attached to an aromatic ring is 1. The predicted octanol–water partition coefficient (Wildman–Crippen LogP) is -1.72. The molecule has 0 spiro atoms. The molecule has 0 aromatic heterocycles. The van der Waals surface area contributed by atoms with Gasteiger partial charge in [0.2, 0.25) is 0 Å². The normalized spacial score (nSPS) is 28.9. The first-order valence-corrected chi connectivity index (χ1v) is 4.29. The van der Waals surface area contributed by atoms with Gasteiger partial charge in [0.1, 0.15) is 6.10 Å². The molecule has 1 aliphatic rings. The highest BCUT2D eigenvalue weighted by Gasteiger charge is 2.64. The molecule has 0 amide bonds. The topological polar surface area (TPSA) is 114 Å². The lowest BCUT2D eigenvalue weighted by atomic mass is 10.1. The van der Waals surface area contributed by atoms with Gasteiger partial charge in [0.15, 0.2) is 11.5 Å².